The van der Waals surface area contributed by atoms with E-state index in [-0.39, 0.29) is 0 Å². The highest BCUT2D eigenvalue weighted by atomic mass is 16.2. The molecule has 0 aromatic heterocycles. The molecular formula is C22H18N2O3. The van der Waals surface area contributed by atoms with E-state index >= 15 is 0 Å². The maximum atomic E-state index is 13.5. The fourth-order valence-corrected chi connectivity index (χ4v) is 3.76. The minimum atomic E-state index is -1.79. The van der Waals surface area contributed by atoms with Crippen LogP contribution in [0.1, 0.15) is 51.3 Å². The number of fused-ring (bicyclic) bond motifs is 3. The van der Waals surface area contributed by atoms with Crippen LogP contribution in [0.15, 0.2) is 59.2 Å². The molecule has 134 valence electrons. The van der Waals surface area contributed by atoms with Crippen LogP contribution >= 0.6 is 0 Å². The highest BCUT2D eigenvalue weighted by Crippen LogP contribution is 2.45. The Morgan fingerprint density at radius 1 is 1.04 bits per heavy atom. The summed E-state index contributed by atoms with van der Waals surface area (Å²) in [6.45, 7) is 5.45. The van der Waals surface area contributed by atoms with Crippen LogP contribution in [0.3, 0.4) is 0 Å². The summed E-state index contributed by atoms with van der Waals surface area (Å²) in [6.07, 6.45) is 2.92. The summed E-state index contributed by atoms with van der Waals surface area (Å²) in [4.78, 5) is 40.0. The predicted molar refractivity (Wildman–Crippen MR) is 102 cm³/mol. The fourth-order valence-electron chi connectivity index (χ4n) is 3.76. The van der Waals surface area contributed by atoms with Crippen molar-refractivity contribution in [3.05, 3.63) is 81.9 Å². The van der Waals surface area contributed by atoms with Crippen molar-refractivity contribution in [3.63, 3.8) is 0 Å². The lowest BCUT2D eigenvalue weighted by Gasteiger charge is -2.38. The Kier molecular flexibility index (Phi) is 3.70. The highest BCUT2D eigenvalue weighted by molar-refractivity contribution is 6.34. The molecule has 0 unspecified atom stereocenters. The summed E-state index contributed by atoms with van der Waals surface area (Å²) < 4.78 is 0. The van der Waals surface area contributed by atoms with Gasteiger partial charge in [-0.15, -0.1) is 0 Å². The molecule has 27 heavy (non-hydrogen) atoms. The van der Waals surface area contributed by atoms with Crippen LogP contribution in [0.5, 0.6) is 0 Å². The molecule has 4 rings (SSSR count). The summed E-state index contributed by atoms with van der Waals surface area (Å²) in [5, 5.41) is 5.29. The number of rotatable bonds is 1. The van der Waals surface area contributed by atoms with Gasteiger partial charge in [-0.25, -0.2) is 5.01 Å². The lowest BCUT2D eigenvalue weighted by Crippen LogP contribution is -2.56. The fraction of sp³-hybridized carbons (Fsp3) is 0.182. The Balaban J connectivity index is 2.05. The standard InChI is InChI=1S/C22H18N2O3/c1-13(2)10-19(25)24-22(18-11-14(3)8-9-15(18)12-23-24)20(26)16-6-4-5-7-17(16)21(22)27/h4-12H,1-3H3. The van der Waals surface area contributed by atoms with Gasteiger partial charge in [0.1, 0.15) is 0 Å². The van der Waals surface area contributed by atoms with E-state index in [1.165, 1.54) is 12.3 Å². The van der Waals surface area contributed by atoms with Crippen molar-refractivity contribution < 1.29 is 14.4 Å². The van der Waals surface area contributed by atoms with Crippen molar-refractivity contribution in [1.82, 2.24) is 5.01 Å². The van der Waals surface area contributed by atoms with E-state index in [0.717, 1.165) is 16.1 Å². The number of hydrazone groups is 1. The minimum absolute atomic E-state index is 0.321. The molecule has 0 saturated heterocycles. The molecule has 0 N–H and O–H groups in total. The average Bonchev–Trinajstić information content (AvgIpc) is 2.85. The van der Waals surface area contributed by atoms with Crippen LogP contribution in [0.25, 0.3) is 0 Å². The molecule has 0 fully saturated rings. The van der Waals surface area contributed by atoms with E-state index in [0.29, 0.717) is 22.3 Å². The number of hydrogen-bond acceptors (Lipinski definition) is 4. The van der Waals surface area contributed by atoms with Gasteiger partial charge < -0.3 is 0 Å². The first-order valence-electron chi connectivity index (χ1n) is 8.70. The zero-order chi connectivity index (χ0) is 19.3. The molecular weight excluding hydrogens is 340 g/mol. The van der Waals surface area contributed by atoms with E-state index in [2.05, 4.69) is 5.10 Å². The summed E-state index contributed by atoms with van der Waals surface area (Å²) in [5.74, 6) is -1.32. The summed E-state index contributed by atoms with van der Waals surface area (Å²) in [6, 6.07) is 12.2. The van der Waals surface area contributed by atoms with Crippen molar-refractivity contribution in [2.24, 2.45) is 5.10 Å². The predicted octanol–water partition coefficient (Wildman–Crippen LogP) is 3.41. The molecule has 1 heterocycles. The molecule has 1 aliphatic carbocycles. The Hall–Kier alpha value is -3.34. The lowest BCUT2D eigenvalue weighted by molar-refractivity contribution is -0.130. The number of benzene rings is 2. The SMILES string of the molecule is CC(C)=CC(=O)N1N=Cc2ccc(C)cc2C12C(=O)c1ccccc1C2=O. The van der Waals surface area contributed by atoms with Gasteiger partial charge in [-0.3, -0.25) is 14.4 Å². The van der Waals surface area contributed by atoms with Crippen LogP contribution in [0, 0.1) is 6.92 Å². The largest absolute Gasteiger partial charge is 0.290 e. The van der Waals surface area contributed by atoms with Crippen molar-refractivity contribution in [3.8, 4) is 0 Å². The third-order valence-electron chi connectivity index (χ3n) is 4.92. The monoisotopic (exact) mass is 358 g/mol. The second-order valence-electron chi connectivity index (χ2n) is 7.12. The maximum Gasteiger partial charge on any atom is 0.268 e. The second-order valence-corrected chi connectivity index (χ2v) is 7.12. The molecule has 1 aliphatic heterocycles. The van der Waals surface area contributed by atoms with Gasteiger partial charge >= 0.3 is 0 Å². The van der Waals surface area contributed by atoms with Crippen molar-refractivity contribution in [1.29, 1.82) is 0 Å². The van der Waals surface area contributed by atoms with Gasteiger partial charge in [-0.1, -0.05) is 53.6 Å². The number of amides is 1. The zero-order valence-electron chi connectivity index (χ0n) is 15.3. The van der Waals surface area contributed by atoms with Crippen LogP contribution in [0.2, 0.25) is 0 Å². The molecule has 0 saturated carbocycles. The molecule has 0 radical (unpaired) electrons. The van der Waals surface area contributed by atoms with E-state index in [9.17, 15) is 14.4 Å². The van der Waals surface area contributed by atoms with E-state index < -0.39 is 23.0 Å². The first kappa shape index (κ1) is 17.1. The van der Waals surface area contributed by atoms with Crippen molar-refractivity contribution in [2.75, 3.05) is 0 Å². The molecule has 0 bridgehead atoms. The maximum absolute atomic E-state index is 13.5. The van der Waals surface area contributed by atoms with Crippen molar-refractivity contribution >= 4 is 23.7 Å². The molecule has 2 aromatic carbocycles. The Morgan fingerprint density at radius 3 is 2.26 bits per heavy atom. The third-order valence-corrected chi connectivity index (χ3v) is 4.92. The van der Waals surface area contributed by atoms with Gasteiger partial charge in [0.2, 0.25) is 17.1 Å². The number of aryl methyl sites for hydroxylation is 1. The molecule has 5 heteroatoms. The molecule has 1 amide bonds. The van der Waals surface area contributed by atoms with Crippen LogP contribution in [-0.4, -0.2) is 28.7 Å². The van der Waals surface area contributed by atoms with E-state index in [1.54, 1.807) is 44.2 Å². The van der Waals surface area contributed by atoms with Crippen LogP contribution in [0.4, 0.5) is 0 Å². The van der Waals surface area contributed by atoms with E-state index in [1.807, 2.05) is 19.1 Å². The van der Waals surface area contributed by atoms with Crippen molar-refractivity contribution in [2.45, 2.75) is 26.3 Å². The van der Waals surface area contributed by atoms with Gasteiger partial charge in [-0.2, -0.15) is 5.10 Å². The summed E-state index contributed by atoms with van der Waals surface area (Å²) in [5.41, 5.74) is 1.67. The zero-order valence-corrected chi connectivity index (χ0v) is 15.3. The minimum Gasteiger partial charge on any atom is -0.290 e. The average molecular weight is 358 g/mol. The first-order valence-corrected chi connectivity index (χ1v) is 8.70. The first-order chi connectivity index (χ1) is 12.9. The molecule has 2 aliphatic rings. The number of carbonyl (C=O) groups excluding carboxylic acids is 3. The van der Waals surface area contributed by atoms with Gasteiger partial charge in [-0.05, 0) is 20.8 Å². The topological polar surface area (TPSA) is 66.8 Å². The van der Waals surface area contributed by atoms with Gasteiger partial charge in [0.25, 0.3) is 5.91 Å². The number of Topliss-reactive ketones (excluding diaryl/α,β-unsaturated/α-hetero) is 2. The molecule has 2 aromatic rings. The van der Waals surface area contributed by atoms with Gasteiger partial charge in [0, 0.05) is 28.3 Å². The number of allylic oxidation sites excluding steroid dienone is 1. The molecule has 0 atom stereocenters. The third kappa shape index (κ3) is 2.24. The van der Waals surface area contributed by atoms with E-state index in [4.69, 9.17) is 0 Å². The Morgan fingerprint density at radius 2 is 1.67 bits per heavy atom. The number of ketones is 2. The highest BCUT2D eigenvalue weighted by Gasteiger charge is 2.61. The van der Waals surface area contributed by atoms with Gasteiger partial charge in [0.15, 0.2) is 0 Å². The normalized spacial score (nSPS) is 16.3. The summed E-state index contributed by atoms with van der Waals surface area (Å²) in [7, 11) is 0. The Labute approximate surface area is 157 Å². The number of hydrogen-bond donors (Lipinski definition) is 0. The van der Waals surface area contributed by atoms with Crippen LogP contribution < -0.4 is 0 Å². The molecule has 5 nitrogen and oxygen atoms in total. The molecule has 1 spiro atoms. The van der Waals surface area contributed by atoms with Crippen LogP contribution in [-0.2, 0) is 10.3 Å². The number of carbonyl (C=O) groups is 3. The summed E-state index contributed by atoms with van der Waals surface area (Å²) >= 11 is 0. The second kappa shape index (κ2) is 5.84. The smallest absolute Gasteiger partial charge is 0.268 e. The lowest BCUT2D eigenvalue weighted by atomic mass is 9.79. The quantitative estimate of drug-likeness (QED) is 0.579. The number of nitrogens with zero attached hydrogens (tertiary/aromatic N) is 2. The van der Waals surface area contributed by atoms with Gasteiger partial charge in [0.05, 0.1) is 6.21 Å². The Bertz CT molecular complexity index is 1040.